The lowest BCUT2D eigenvalue weighted by molar-refractivity contribution is 0.455. The molecule has 1 aromatic heterocycles. The molecule has 1 aliphatic heterocycles. The number of aromatic nitrogens is 2. The molecule has 112 valence electrons. The van der Waals surface area contributed by atoms with Gasteiger partial charge < -0.3 is 15.2 Å². The van der Waals surface area contributed by atoms with Gasteiger partial charge in [0.1, 0.15) is 0 Å². The fourth-order valence-electron chi connectivity index (χ4n) is 2.52. The number of hydrogen-bond donors (Lipinski definition) is 1. The molecule has 0 amide bonds. The molecular weight excluding hydrogens is 282 g/mol. The minimum Gasteiger partial charge on any atom is -0.370 e. The molecule has 0 aliphatic carbocycles. The summed E-state index contributed by atoms with van der Waals surface area (Å²) in [5.41, 5.74) is 8.28. The normalized spacial score (nSPS) is 16.6. The van der Waals surface area contributed by atoms with Gasteiger partial charge in [0.2, 0.25) is 0 Å². The molecule has 2 aromatic rings. The first kappa shape index (κ1) is 14.3. The number of hydrogen-bond acceptors (Lipinski definition) is 3. The number of nitrogens with two attached hydrogens (primary N) is 1. The van der Waals surface area contributed by atoms with E-state index in [1.54, 1.807) is 0 Å². The van der Waals surface area contributed by atoms with Crippen LogP contribution in [0.25, 0.3) is 11.0 Å². The molecule has 2 N–H and O–H groups in total. The number of aryl methyl sites for hydroxylation is 1. The van der Waals surface area contributed by atoms with E-state index >= 15 is 0 Å². The zero-order chi connectivity index (χ0) is 14.5. The Labute approximate surface area is 129 Å². The molecule has 21 heavy (non-hydrogen) atoms. The van der Waals surface area contributed by atoms with Crippen LogP contribution in [0.4, 0.5) is 0 Å². The van der Waals surface area contributed by atoms with E-state index in [-0.39, 0.29) is 0 Å². The van der Waals surface area contributed by atoms with Crippen molar-refractivity contribution in [3.8, 4) is 0 Å². The van der Waals surface area contributed by atoms with E-state index in [4.69, 9.17) is 5.73 Å². The Kier molecular flexibility index (Phi) is 4.65. The van der Waals surface area contributed by atoms with Gasteiger partial charge >= 0.3 is 0 Å². The maximum absolute atomic E-state index is 6.05. The van der Waals surface area contributed by atoms with Crippen molar-refractivity contribution in [2.75, 3.05) is 31.1 Å². The Hall–Kier alpha value is -1.69. The van der Waals surface area contributed by atoms with Gasteiger partial charge in [-0.3, -0.25) is 4.99 Å². The van der Waals surface area contributed by atoms with Crippen LogP contribution < -0.4 is 5.73 Å². The van der Waals surface area contributed by atoms with Gasteiger partial charge in [0.25, 0.3) is 0 Å². The highest BCUT2D eigenvalue weighted by atomic mass is 32.2. The van der Waals surface area contributed by atoms with Crippen molar-refractivity contribution in [3.05, 3.63) is 30.6 Å². The van der Waals surface area contributed by atoms with Crippen LogP contribution in [0.15, 0.2) is 35.6 Å². The van der Waals surface area contributed by atoms with Gasteiger partial charge in [-0.15, -0.1) is 0 Å². The second kappa shape index (κ2) is 6.85. The first-order valence-electron chi connectivity index (χ1n) is 7.37. The van der Waals surface area contributed by atoms with Crippen molar-refractivity contribution in [2.45, 2.75) is 13.0 Å². The van der Waals surface area contributed by atoms with E-state index in [1.807, 2.05) is 36.3 Å². The Morgan fingerprint density at radius 2 is 2.10 bits per heavy atom. The summed E-state index contributed by atoms with van der Waals surface area (Å²) in [7, 11) is 0. The summed E-state index contributed by atoms with van der Waals surface area (Å²) < 4.78 is 2.18. The van der Waals surface area contributed by atoms with Gasteiger partial charge in [-0.1, -0.05) is 12.1 Å². The third-order valence-electron chi connectivity index (χ3n) is 3.69. The Morgan fingerprint density at radius 3 is 2.95 bits per heavy atom. The SMILES string of the molecule is NC(=NCCCn1cnc2ccccc21)N1CCSCC1. The number of rotatable bonds is 4. The van der Waals surface area contributed by atoms with Crippen LogP contribution in [0.5, 0.6) is 0 Å². The summed E-state index contributed by atoms with van der Waals surface area (Å²) in [5.74, 6) is 3.00. The van der Waals surface area contributed by atoms with Crippen LogP contribution in [0, 0.1) is 0 Å². The van der Waals surface area contributed by atoms with Crippen molar-refractivity contribution in [1.29, 1.82) is 0 Å². The number of thioether (sulfide) groups is 1. The lowest BCUT2D eigenvalue weighted by atomic mass is 10.3. The molecule has 1 aliphatic rings. The molecule has 3 rings (SSSR count). The van der Waals surface area contributed by atoms with E-state index in [2.05, 4.69) is 25.5 Å². The number of guanidine groups is 1. The standard InChI is InChI=1S/C15H21N5S/c16-15(19-8-10-21-11-9-19)17-6-3-7-20-12-18-13-4-1-2-5-14(13)20/h1-2,4-5,12H,3,6-11H2,(H2,16,17). The lowest BCUT2D eigenvalue weighted by Gasteiger charge is -2.27. The molecular formula is C15H21N5S. The fraction of sp³-hybridized carbons (Fsp3) is 0.467. The van der Waals surface area contributed by atoms with Gasteiger partial charge in [-0.05, 0) is 18.6 Å². The maximum atomic E-state index is 6.05. The lowest BCUT2D eigenvalue weighted by Crippen LogP contribution is -2.42. The monoisotopic (exact) mass is 303 g/mol. The third kappa shape index (κ3) is 3.50. The molecule has 0 atom stereocenters. The largest absolute Gasteiger partial charge is 0.370 e. The Morgan fingerprint density at radius 1 is 1.29 bits per heavy atom. The highest BCUT2D eigenvalue weighted by Gasteiger charge is 2.11. The average molecular weight is 303 g/mol. The van der Waals surface area contributed by atoms with Crippen LogP contribution in [-0.2, 0) is 6.54 Å². The Bertz CT molecular complexity index is 615. The first-order chi connectivity index (χ1) is 10.3. The molecule has 6 heteroatoms. The zero-order valence-corrected chi connectivity index (χ0v) is 12.9. The van der Waals surface area contributed by atoms with E-state index in [0.717, 1.165) is 49.6 Å². The molecule has 0 radical (unpaired) electrons. The fourth-order valence-corrected chi connectivity index (χ4v) is 3.42. The van der Waals surface area contributed by atoms with E-state index < -0.39 is 0 Å². The number of nitrogens with zero attached hydrogens (tertiary/aromatic N) is 4. The van der Waals surface area contributed by atoms with Gasteiger partial charge in [0, 0.05) is 37.7 Å². The van der Waals surface area contributed by atoms with Crippen molar-refractivity contribution in [2.24, 2.45) is 10.7 Å². The van der Waals surface area contributed by atoms with Crippen LogP contribution in [0.3, 0.4) is 0 Å². The zero-order valence-electron chi connectivity index (χ0n) is 12.1. The quantitative estimate of drug-likeness (QED) is 0.531. The molecule has 5 nitrogen and oxygen atoms in total. The van der Waals surface area contributed by atoms with Crippen LogP contribution >= 0.6 is 11.8 Å². The van der Waals surface area contributed by atoms with Crippen molar-refractivity contribution >= 4 is 28.8 Å². The minimum absolute atomic E-state index is 0.700. The highest BCUT2D eigenvalue weighted by Crippen LogP contribution is 2.12. The summed E-state index contributed by atoms with van der Waals surface area (Å²) in [6.45, 7) is 3.73. The van der Waals surface area contributed by atoms with E-state index in [1.165, 1.54) is 5.52 Å². The smallest absolute Gasteiger partial charge is 0.191 e. The molecule has 0 unspecified atom stereocenters. The van der Waals surface area contributed by atoms with Crippen molar-refractivity contribution < 1.29 is 0 Å². The van der Waals surface area contributed by atoms with Gasteiger partial charge in [-0.25, -0.2) is 4.98 Å². The summed E-state index contributed by atoms with van der Waals surface area (Å²) in [5, 5.41) is 0. The average Bonchev–Trinajstić information content (AvgIpc) is 2.95. The highest BCUT2D eigenvalue weighted by molar-refractivity contribution is 7.99. The van der Waals surface area contributed by atoms with E-state index in [9.17, 15) is 0 Å². The molecule has 0 saturated carbocycles. The second-order valence-electron chi connectivity index (χ2n) is 5.12. The first-order valence-corrected chi connectivity index (χ1v) is 8.52. The molecule has 0 bridgehead atoms. The molecule has 2 heterocycles. The van der Waals surface area contributed by atoms with Crippen molar-refractivity contribution in [3.63, 3.8) is 0 Å². The Balaban J connectivity index is 1.51. The van der Waals surface area contributed by atoms with E-state index in [0.29, 0.717) is 5.96 Å². The molecule has 0 spiro atoms. The summed E-state index contributed by atoms with van der Waals surface area (Å²) in [6, 6.07) is 8.20. The maximum Gasteiger partial charge on any atom is 0.191 e. The predicted molar refractivity (Wildman–Crippen MR) is 89.7 cm³/mol. The number of aliphatic imine (C=N–C) groups is 1. The summed E-state index contributed by atoms with van der Waals surface area (Å²) in [6.07, 6.45) is 2.88. The van der Waals surface area contributed by atoms with Crippen LogP contribution in [-0.4, -0.2) is 51.6 Å². The second-order valence-corrected chi connectivity index (χ2v) is 6.34. The summed E-state index contributed by atoms with van der Waals surface area (Å²) >= 11 is 1.98. The minimum atomic E-state index is 0.700. The number of para-hydroxylation sites is 2. The third-order valence-corrected chi connectivity index (χ3v) is 4.64. The summed E-state index contributed by atoms with van der Waals surface area (Å²) in [4.78, 5) is 11.1. The van der Waals surface area contributed by atoms with Gasteiger partial charge in [0.05, 0.1) is 17.4 Å². The topological polar surface area (TPSA) is 59.4 Å². The van der Waals surface area contributed by atoms with Crippen LogP contribution in [0.2, 0.25) is 0 Å². The predicted octanol–water partition coefficient (Wildman–Crippen LogP) is 1.79. The van der Waals surface area contributed by atoms with Crippen molar-refractivity contribution in [1.82, 2.24) is 14.5 Å². The molecule has 1 fully saturated rings. The molecule has 1 saturated heterocycles. The number of imidazole rings is 1. The van der Waals surface area contributed by atoms with Gasteiger partial charge in [0.15, 0.2) is 5.96 Å². The number of benzene rings is 1. The molecule has 1 aromatic carbocycles. The number of fused-ring (bicyclic) bond motifs is 1. The van der Waals surface area contributed by atoms with Crippen LogP contribution in [0.1, 0.15) is 6.42 Å². The van der Waals surface area contributed by atoms with Gasteiger partial charge in [-0.2, -0.15) is 11.8 Å².